The first-order chi connectivity index (χ1) is 39.5. The minimum Gasteiger partial charge on any atom is -0.462 e. The number of hydrogen-bond acceptors (Lipinski definition) is 6. The molecule has 0 aliphatic rings. The molecule has 80 heavy (non-hydrogen) atoms. The van der Waals surface area contributed by atoms with Gasteiger partial charge in [-0.2, -0.15) is 0 Å². The van der Waals surface area contributed by atoms with Gasteiger partial charge in [-0.15, -0.1) is 0 Å². The Labute approximate surface area is 494 Å². The number of rotatable bonds is 59. The maximum absolute atomic E-state index is 12.9. The normalized spacial score (nSPS) is 13.0. The highest BCUT2D eigenvalue weighted by Crippen LogP contribution is 2.15. The van der Waals surface area contributed by atoms with E-state index in [0.717, 1.165) is 141 Å². The Bertz CT molecular complexity index is 1700. The second kappa shape index (κ2) is 67.1. The van der Waals surface area contributed by atoms with Crippen LogP contribution in [0.15, 0.2) is 134 Å². The van der Waals surface area contributed by atoms with Crippen LogP contribution < -0.4 is 0 Å². The predicted octanol–water partition coefficient (Wildman–Crippen LogP) is 22.9. The molecule has 0 amide bonds. The van der Waals surface area contributed by atoms with Crippen LogP contribution in [0, 0.1) is 0 Å². The van der Waals surface area contributed by atoms with E-state index in [1.165, 1.54) is 116 Å². The van der Waals surface area contributed by atoms with Gasteiger partial charge in [-0.25, -0.2) is 0 Å². The van der Waals surface area contributed by atoms with E-state index >= 15 is 0 Å². The fourth-order valence-corrected chi connectivity index (χ4v) is 8.89. The number of hydrogen-bond donors (Lipinski definition) is 0. The molecule has 0 rings (SSSR count). The average Bonchev–Trinajstić information content (AvgIpc) is 3.46. The van der Waals surface area contributed by atoms with E-state index in [4.69, 9.17) is 14.2 Å². The van der Waals surface area contributed by atoms with Crippen LogP contribution in [0.3, 0.4) is 0 Å². The summed E-state index contributed by atoms with van der Waals surface area (Å²) >= 11 is 0. The number of esters is 3. The summed E-state index contributed by atoms with van der Waals surface area (Å²) in [7, 11) is 0. The van der Waals surface area contributed by atoms with Gasteiger partial charge >= 0.3 is 17.9 Å². The van der Waals surface area contributed by atoms with Crippen molar-refractivity contribution in [3.8, 4) is 0 Å². The van der Waals surface area contributed by atoms with Crippen molar-refractivity contribution in [2.75, 3.05) is 13.2 Å². The van der Waals surface area contributed by atoms with Crippen LogP contribution in [0.5, 0.6) is 0 Å². The first-order valence-corrected chi connectivity index (χ1v) is 33.2. The molecule has 0 aliphatic carbocycles. The topological polar surface area (TPSA) is 78.9 Å². The highest BCUT2D eigenvalue weighted by molar-refractivity contribution is 5.71. The molecule has 0 heterocycles. The maximum atomic E-state index is 12.9. The molecular weight excluding hydrogens is 985 g/mol. The monoisotopic (exact) mass is 1110 g/mol. The van der Waals surface area contributed by atoms with Gasteiger partial charge in [-0.3, -0.25) is 14.4 Å². The Morgan fingerprint density at radius 3 is 0.787 bits per heavy atom. The van der Waals surface area contributed by atoms with Crippen molar-refractivity contribution in [1.82, 2.24) is 0 Å². The summed E-state index contributed by atoms with van der Waals surface area (Å²) in [4.78, 5) is 38.4. The first kappa shape index (κ1) is 75.5. The van der Waals surface area contributed by atoms with Gasteiger partial charge in [0.05, 0.1) is 0 Å². The van der Waals surface area contributed by atoms with Gasteiger partial charge in [-0.05, 0) is 141 Å². The Hall–Kier alpha value is -4.45. The van der Waals surface area contributed by atoms with Crippen molar-refractivity contribution >= 4 is 17.9 Å². The summed E-state index contributed by atoms with van der Waals surface area (Å²) in [5.74, 6) is -0.945. The van der Waals surface area contributed by atoms with E-state index in [0.29, 0.717) is 19.3 Å². The third-order valence-corrected chi connectivity index (χ3v) is 13.9. The number of carbonyl (C=O) groups is 3. The third kappa shape index (κ3) is 64.4. The minimum absolute atomic E-state index is 0.0995. The van der Waals surface area contributed by atoms with Gasteiger partial charge in [0, 0.05) is 19.3 Å². The lowest BCUT2D eigenvalue weighted by molar-refractivity contribution is -0.167. The molecule has 1 atom stereocenters. The molecule has 1 unspecified atom stereocenters. The van der Waals surface area contributed by atoms with Gasteiger partial charge in [0.1, 0.15) is 13.2 Å². The number of unbranched alkanes of at least 4 members (excludes halogenated alkanes) is 26. The van der Waals surface area contributed by atoms with Crippen molar-refractivity contribution in [3.63, 3.8) is 0 Å². The third-order valence-electron chi connectivity index (χ3n) is 13.9. The van der Waals surface area contributed by atoms with Gasteiger partial charge < -0.3 is 14.2 Å². The fourth-order valence-electron chi connectivity index (χ4n) is 8.89. The summed E-state index contributed by atoms with van der Waals surface area (Å²) < 4.78 is 16.9. The zero-order chi connectivity index (χ0) is 57.8. The van der Waals surface area contributed by atoms with Crippen LogP contribution in [0.2, 0.25) is 0 Å². The van der Waals surface area contributed by atoms with Crippen molar-refractivity contribution in [1.29, 1.82) is 0 Å². The van der Waals surface area contributed by atoms with Crippen LogP contribution >= 0.6 is 0 Å². The minimum atomic E-state index is -0.806. The Kier molecular flexibility index (Phi) is 63.3. The van der Waals surface area contributed by atoms with E-state index in [2.05, 4.69) is 154 Å². The molecule has 0 aromatic rings. The molecular formula is C74H122O6. The summed E-state index contributed by atoms with van der Waals surface area (Å²) in [5, 5.41) is 0. The fraction of sp³-hybridized carbons (Fsp3) is 0.662. The summed E-state index contributed by atoms with van der Waals surface area (Å²) in [6.07, 6.45) is 94.5. The van der Waals surface area contributed by atoms with E-state index in [9.17, 15) is 14.4 Å². The van der Waals surface area contributed by atoms with Crippen LogP contribution in [-0.4, -0.2) is 37.2 Å². The molecule has 0 radical (unpaired) electrons. The Balaban J connectivity index is 4.46. The molecule has 0 saturated heterocycles. The van der Waals surface area contributed by atoms with Crippen LogP contribution in [0.25, 0.3) is 0 Å². The highest BCUT2D eigenvalue weighted by Gasteiger charge is 2.19. The average molecular weight is 1110 g/mol. The lowest BCUT2D eigenvalue weighted by atomic mass is 10.1. The number of ether oxygens (including phenoxy) is 3. The highest BCUT2D eigenvalue weighted by atomic mass is 16.6. The molecule has 0 aromatic carbocycles. The standard InChI is InChI=1S/C74H122O6/c1-4-7-10-13-16-19-22-25-28-30-32-34-36-37-39-40-42-44-46-49-52-55-58-61-64-67-73(76)79-70-71(69-78-72(75)66-63-60-57-54-51-48-27-24-21-18-15-12-9-6-3)80-74(77)68-65-62-59-56-53-50-47-45-43-41-38-35-33-31-29-26-23-20-17-14-11-8-5-2/h7,10,16,19,23-28,31-34,37-39,41-42,44,49,52,71H,4-6,8-9,11-15,17-18,20-22,29-30,35-36,40,43,45-48,50-51,53-70H2,1-3H3/b10-7-,19-16-,26-23-,27-24-,28-25-,33-31-,34-32-,39-37-,41-38-,44-42-,52-49-. The van der Waals surface area contributed by atoms with Gasteiger partial charge in [0.25, 0.3) is 0 Å². The largest absolute Gasteiger partial charge is 0.462 e. The zero-order valence-electron chi connectivity index (χ0n) is 52.0. The summed E-state index contributed by atoms with van der Waals surface area (Å²) in [6, 6.07) is 0. The van der Waals surface area contributed by atoms with Crippen LogP contribution in [-0.2, 0) is 28.6 Å². The van der Waals surface area contributed by atoms with Crippen molar-refractivity contribution in [2.24, 2.45) is 0 Å². The number of allylic oxidation sites excluding steroid dienone is 22. The second-order valence-corrected chi connectivity index (χ2v) is 21.6. The molecule has 0 aromatic heterocycles. The van der Waals surface area contributed by atoms with Crippen molar-refractivity contribution in [2.45, 2.75) is 303 Å². The van der Waals surface area contributed by atoms with Crippen LogP contribution in [0.1, 0.15) is 297 Å². The smallest absolute Gasteiger partial charge is 0.306 e. The maximum Gasteiger partial charge on any atom is 0.306 e. The quantitative estimate of drug-likeness (QED) is 0.0261. The van der Waals surface area contributed by atoms with Crippen LogP contribution in [0.4, 0.5) is 0 Å². The molecule has 0 spiro atoms. The molecule has 0 saturated carbocycles. The zero-order valence-corrected chi connectivity index (χ0v) is 52.0. The van der Waals surface area contributed by atoms with E-state index in [1.54, 1.807) is 0 Å². The Morgan fingerprint density at radius 1 is 0.263 bits per heavy atom. The van der Waals surface area contributed by atoms with Crippen molar-refractivity contribution in [3.05, 3.63) is 134 Å². The molecule has 6 nitrogen and oxygen atoms in total. The van der Waals surface area contributed by atoms with Gasteiger partial charge in [-0.1, -0.05) is 270 Å². The van der Waals surface area contributed by atoms with Gasteiger partial charge in [0.2, 0.25) is 0 Å². The summed E-state index contributed by atoms with van der Waals surface area (Å²) in [5.41, 5.74) is 0. The molecule has 0 aliphatic heterocycles. The van der Waals surface area contributed by atoms with Crippen molar-refractivity contribution < 1.29 is 28.6 Å². The number of carbonyl (C=O) groups excluding carboxylic acids is 3. The molecule has 0 N–H and O–H groups in total. The second-order valence-electron chi connectivity index (χ2n) is 21.6. The van der Waals surface area contributed by atoms with E-state index in [-0.39, 0.29) is 31.1 Å². The lowest BCUT2D eigenvalue weighted by Gasteiger charge is -2.18. The van der Waals surface area contributed by atoms with E-state index in [1.807, 2.05) is 0 Å². The molecule has 0 bridgehead atoms. The first-order valence-electron chi connectivity index (χ1n) is 33.2. The Morgan fingerprint density at radius 2 is 0.487 bits per heavy atom. The summed E-state index contributed by atoms with van der Waals surface area (Å²) in [6.45, 7) is 6.48. The molecule has 454 valence electrons. The van der Waals surface area contributed by atoms with E-state index < -0.39 is 6.10 Å². The SMILES string of the molecule is CC/C=C\C/C=C\C/C=C\C/C=C\C/C=C\C/C=C\C/C=C\CCCCCC(=O)OCC(COC(=O)CCCCCCC/C=C\CCCCCCC)OC(=O)CCCCCCCCCC/C=C\C/C=C\C/C=C\CCCCCCC. The predicted molar refractivity (Wildman–Crippen MR) is 348 cm³/mol. The molecule has 6 heteroatoms. The van der Waals surface area contributed by atoms with Gasteiger partial charge in [0.15, 0.2) is 6.10 Å². The lowest BCUT2D eigenvalue weighted by Crippen LogP contribution is -2.30. The molecule has 0 fully saturated rings.